The van der Waals surface area contributed by atoms with Crippen molar-refractivity contribution in [3.8, 4) is 11.5 Å². The molecule has 3 rings (SSSR count). The summed E-state index contributed by atoms with van der Waals surface area (Å²) in [6, 6.07) is 15.4. The zero-order chi connectivity index (χ0) is 16.9. The van der Waals surface area contributed by atoms with Crippen molar-refractivity contribution in [2.24, 2.45) is 0 Å². The second kappa shape index (κ2) is 7.45. The molecule has 1 atom stereocenters. The van der Waals surface area contributed by atoms with Crippen LogP contribution in [-0.4, -0.2) is 25.4 Å². The highest BCUT2D eigenvalue weighted by Gasteiger charge is 2.25. The highest BCUT2D eigenvalue weighted by atomic mass is 32.2. The standard InChI is InChI=1S/C19H19NO3S/c1-22-14-8-9-15(18(11-14)23-2)17-12-24-19(21)16(20-17)10-13-6-4-3-5-7-13/h3-9,11-12,16,20H,10H2,1-2H3. The molecule has 5 heteroatoms. The molecular formula is C19H19NO3S. The van der Waals surface area contributed by atoms with Gasteiger partial charge >= 0.3 is 0 Å². The number of hydrogen-bond donors (Lipinski definition) is 1. The molecule has 1 N–H and O–H groups in total. The molecule has 1 unspecified atom stereocenters. The van der Waals surface area contributed by atoms with Gasteiger partial charge in [0.15, 0.2) is 0 Å². The molecule has 1 aliphatic heterocycles. The number of methoxy groups -OCH3 is 2. The van der Waals surface area contributed by atoms with Crippen LogP contribution in [-0.2, 0) is 11.2 Å². The zero-order valence-corrected chi connectivity index (χ0v) is 14.4. The van der Waals surface area contributed by atoms with Crippen LogP contribution in [0, 0.1) is 0 Å². The topological polar surface area (TPSA) is 47.6 Å². The predicted octanol–water partition coefficient (Wildman–Crippen LogP) is 3.48. The molecule has 0 bridgehead atoms. The second-order valence-corrected chi connectivity index (χ2v) is 6.30. The third-order valence-electron chi connectivity index (χ3n) is 3.89. The molecule has 4 nitrogen and oxygen atoms in total. The highest BCUT2D eigenvalue weighted by Crippen LogP contribution is 2.33. The maximum atomic E-state index is 12.2. The molecule has 0 aromatic heterocycles. The lowest BCUT2D eigenvalue weighted by Crippen LogP contribution is -2.38. The number of carbonyl (C=O) groups excluding carboxylic acids is 1. The van der Waals surface area contributed by atoms with Crippen LogP contribution in [0.3, 0.4) is 0 Å². The zero-order valence-electron chi connectivity index (χ0n) is 13.6. The van der Waals surface area contributed by atoms with Crippen molar-refractivity contribution in [1.82, 2.24) is 5.32 Å². The SMILES string of the molecule is COc1ccc(C2=CSC(=O)C(Cc3ccccc3)N2)c(OC)c1. The van der Waals surface area contributed by atoms with Gasteiger partial charge in [0, 0.05) is 23.5 Å². The first-order valence-corrected chi connectivity index (χ1v) is 8.52. The Morgan fingerprint density at radius 1 is 1.08 bits per heavy atom. The Kier molecular flexibility index (Phi) is 5.11. The molecule has 1 aliphatic rings. The van der Waals surface area contributed by atoms with Crippen molar-refractivity contribution in [2.75, 3.05) is 14.2 Å². The van der Waals surface area contributed by atoms with Gasteiger partial charge in [-0.1, -0.05) is 42.1 Å². The summed E-state index contributed by atoms with van der Waals surface area (Å²) in [4.78, 5) is 12.2. The smallest absolute Gasteiger partial charge is 0.215 e. The molecule has 2 aromatic carbocycles. The number of rotatable bonds is 5. The molecule has 0 spiro atoms. The van der Waals surface area contributed by atoms with Gasteiger partial charge in [-0.15, -0.1) is 0 Å². The maximum absolute atomic E-state index is 12.2. The lowest BCUT2D eigenvalue weighted by atomic mass is 10.0. The van der Waals surface area contributed by atoms with E-state index in [1.54, 1.807) is 14.2 Å². The summed E-state index contributed by atoms with van der Waals surface area (Å²) in [6.07, 6.45) is 0.655. The fraction of sp³-hybridized carbons (Fsp3) is 0.211. The van der Waals surface area contributed by atoms with Crippen molar-refractivity contribution in [3.63, 3.8) is 0 Å². The Balaban J connectivity index is 1.83. The van der Waals surface area contributed by atoms with E-state index in [1.807, 2.05) is 53.9 Å². The minimum Gasteiger partial charge on any atom is -0.497 e. The fourth-order valence-corrected chi connectivity index (χ4v) is 3.36. The van der Waals surface area contributed by atoms with E-state index < -0.39 is 0 Å². The van der Waals surface area contributed by atoms with Crippen LogP contribution >= 0.6 is 11.8 Å². The minimum absolute atomic E-state index is 0.120. The van der Waals surface area contributed by atoms with Gasteiger partial charge in [-0.3, -0.25) is 4.79 Å². The van der Waals surface area contributed by atoms with Crippen LogP contribution in [0.5, 0.6) is 11.5 Å². The summed E-state index contributed by atoms with van der Waals surface area (Å²) in [7, 11) is 3.25. The summed E-state index contributed by atoms with van der Waals surface area (Å²) >= 11 is 1.23. The Hall–Kier alpha value is -2.40. The summed E-state index contributed by atoms with van der Waals surface area (Å²) in [5.41, 5.74) is 2.93. The van der Waals surface area contributed by atoms with Gasteiger partial charge in [-0.05, 0) is 17.7 Å². The van der Waals surface area contributed by atoms with Gasteiger partial charge in [0.2, 0.25) is 5.12 Å². The Morgan fingerprint density at radius 2 is 1.88 bits per heavy atom. The monoisotopic (exact) mass is 341 g/mol. The average Bonchev–Trinajstić information content (AvgIpc) is 2.64. The molecule has 0 amide bonds. The Bertz CT molecular complexity index is 758. The number of thioether (sulfide) groups is 1. The predicted molar refractivity (Wildman–Crippen MR) is 97.2 cm³/mol. The average molecular weight is 341 g/mol. The van der Waals surface area contributed by atoms with Crippen molar-refractivity contribution in [1.29, 1.82) is 0 Å². The number of nitrogens with one attached hydrogen (secondary N) is 1. The van der Waals surface area contributed by atoms with Gasteiger partial charge in [0.25, 0.3) is 0 Å². The maximum Gasteiger partial charge on any atom is 0.215 e. The van der Waals surface area contributed by atoms with E-state index in [9.17, 15) is 4.79 Å². The lowest BCUT2D eigenvalue weighted by Gasteiger charge is -2.25. The van der Waals surface area contributed by atoms with E-state index in [0.717, 1.165) is 22.6 Å². The van der Waals surface area contributed by atoms with E-state index in [-0.39, 0.29) is 11.2 Å². The number of ether oxygens (including phenoxy) is 2. The first-order valence-electron chi connectivity index (χ1n) is 7.65. The largest absolute Gasteiger partial charge is 0.497 e. The van der Waals surface area contributed by atoms with E-state index in [1.165, 1.54) is 11.8 Å². The van der Waals surface area contributed by atoms with Crippen molar-refractivity contribution >= 4 is 22.6 Å². The normalized spacial score (nSPS) is 17.0. The van der Waals surface area contributed by atoms with Gasteiger partial charge in [0.1, 0.15) is 11.5 Å². The number of hydrogen-bond acceptors (Lipinski definition) is 5. The minimum atomic E-state index is -0.260. The van der Waals surface area contributed by atoms with Gasteiger partial charge in [-0.25, -0.2) is 0 Å². The lowest BCUT2D eigenvalue weighted by molar-refractivity contribution is -0.112. The van der Waals surface area contributed by atoms with Crippen molar-refractivity contribution in [2.45, 2.75) is 12.5 Å². The third-order valence-corrected chi connectivity index (χ3v) is 4.76. The Morgan fingerprint density at radius 3 is 2.58 bits per heavy atom. The second-order valence-electron chi connectivity index (χ2n) is 5.42. The van der Waals surface area contributed by atoms with E-state index >= 15 is 0 Å². The van der Waals surface area contributed by atoms with Crippen LogP contribution in [0.25, 0.3) is 5.70 Å². The first-order chi connectivity index (χ1) is 11.7. The molecule has 0 saturated carbocycles. The van der Waals surface area contributed by atoms with Crippen molar-refractivity contribution < 1.29 is 14.3 Å². The molecule has 0 aliphatic carbocycles. The molecule has 24 heavy (non-hydrogen) atoms. The molecule has 1 heterocycles. The van der Waals surface area contributed by atoms with E-state index in [4.69, 9.17) is 9.47 Å². The van der Waals surface area contributed by atoms with E-state index in [2.05, 4.69) is 5.32 Å². The van der Waals surface area contributed by atoms with Crippen LogP contribution in [0.1, 0.15) is 11.1 Å². The van der Waals surface area contributed by atoms with Crippen LogP contribution < -0.4 is 14.8 Å². The summed E-state index contributed by atoms with van der Waals surface area (Å²) in [5, 5.41) is 5.31. The highest BCUT2D eigenvalue weighted by molar-refractivity contribution is 8.16. The quantitative estimate of drug-likeness (QED) is 0.902. The molecule has 0 fully saturated rings. The third kappa shape index (κ3) is 3.57. The first kappa shape index (κ1) is 16.5. The van der Waals surface area contributed by atoms with Gasteiger partial charge in [-0.2, -0.15) is 0 Å². The fourth-order valence-electron chi connectivity index (χ4n) is 2.63. The number of carbonyl (C=O) groups is 1. The number of benzene rings is 2. The van der Waals surface area contributed by atoms with Gasteiger partial charge in [0.05, 0.1) is 26.0 Å². The molecule has 2 aromatic rings. The summed E-state index contributed by atoms with van der Waals surface area (Å²) < 4.78 is 10.7. The molecule has 124 valence electrons. The van der Waals surface area contributed by atoms with Crippen LogP contribution in [0.4, 0.5) is 0 Å². The van der Waals surface area contributed by atoms with Gasteiger partial charge < -0.3 is 14.8 Å². The summed E-state index contributed by atoms with van der Waals surface area (Å²) in [6.45, 7) is 0. The van der Waals surface area contributed by atoms with Crippen LogP contribution in [0.15, 0.2) is 53.9 Å². The van der Waals surface area contributed by atoms with Crippen molar-refractivity contribution in [3.05, 3.63) is 65.1 Å². The molecule has 0 saturated heterocycles. The van der Waals surface area contributed by atoms with Crippen LogP contribution in [0.2, 0.25) is 0 Å². The Labute approximate surface area is 145 Å². The summed E-state index contributed by atoms with van der Waals surface area (Å²) in [5.74, 6) is 1.44. The van der Waals surface area contributed by atoms with E-state index in [0.29, 0.717) is 12.2 Å². The molecular weight excluding hydrogens is 322 g/mol. The molecule has 0 radical (unpaired) electrons.